The van der Waals surface area contributed by atoms with Crippen molar-refractivity contribution < 1.29 is 0 Å². The van der Waals surface area contributed by atoms with Crippen molar-refractivity contribution in [3.8, 4) is 5.69 Å². The molecular weight excluding hydrogens is 428 g/mol. The van der Waals surface area contributed by atoms with Gasteiger partial charge in [-0.25, -0.2) is 4.98 Å². The molecule has 0 bridgehead atoms. The van der Waals surface area contributed by atoms with Gasteiger partial charge in [-0.1, -0.05) is 53.7 Å². The molecule has 0 aliphatic carbocycles. The van der Waals surface area contributed by atoms with Crippen LogP contribution in [0.5, 0.6) is 0 Å². The van der Waals surface area contributed by atoms with Gasteiger partial charge in [-0.05, 0) is 50.8 Å². The van der Waals surface area contributed by atoms with E-state index in [0.29, 0.717) is 10.8 Å². The second kappa shape index (κ2) is 9.68. The summed E-state index contributed by atoms with van der Waals surface area (Å²) in [5.74, 6) is 2.59. The fourth-order valence-electron chi connectivity index (χ4n) is 3.24. The summed E-state index contributed by atoms with van der Waals surface area (Å²) in [5, 5.41) is 10.6. The second-order valence-corrected chi connectivity index (χ2v) is 8.92. The van der Waals surface area contributed by atoms with E-state index in [1.165, 1.54) is 5.56 Å². The first kappa shape index (κ1) is 21.6. The number of imidazole rings is 1. The van der Waals surface area contributed by atoms with Crippen molar-refractivity contribution in [3.63, 3.8) is 0 Å². The van der Waals surface area contributed by atoms with Crippen molar-refractivity contribution in [2.75, 3.05) is 14.1 Å². The molecule has 0 aliphatic heterocycles. The molecule has 2 aromatic heterocycles. The number of aromatic nitrogens is 5. The van der Waals surface area contributed by atoms with Crippen LogP contribution < -0.4 is 0 Å². The predicted molar refractivity (Wildman–Crippen MR) is 126 cm³/mol. The number of thioether (sulfide) groups is 1. The van der Waals surface area contributed by atoms with Gasteiger partial charge in [0.05, 0.1) is 11.8 Å². The van der Waals surface area contributed by atoms with Gasteiger partial charge >= 0.3 is 0 Å². The Morgan fingerprint density at radius 1 is 1.03 bits per heavy atom. The van der Waals surface area contributed by atoms with Crippen LogP contribution in [0.4, 0.5) is 0 Å². The van der Waals surface area contributed by atoms with Crippen LogP contribution in [0, 0.1) is 0 Å². The fraction of sp³-hybridized carbons (Fsp3) is 0.261. The molecule has 0 amide bonds. The maximum absolute atomic E-state index is 6.11. The molecule has 4 aromatic rings. The molecule has 0 saturated heterocycles. The lowest BCUT2D eigenvalue weighted by Gasteiger charge is -2.20. The summed E-state index contributed by atoms with van der Waals surface area (Å²) in [6.45, 7) is 2.92. The van der Waals surface area contributed by atoms with Crippen molar-refractivity contribution in [3.05, 3.63) is 89.2 Å². The summed E-state index contributed by atoms with van der Waals surface area (Å²) in [6.07, 6.45) is 3.87. The minimum Gasteiger partial charge on any atom is -0.330 e. The van der Waals surface area contributed by atoms with Crippen molar-refractivity contribution in [1.82, 2.24) is 29.2 Å². The van der Waals surface area contributed by atoms with Crippen LogP contribution in [0.1, 0.15) is 30.2 Å². The molecule has 0 saturated carbocycles. The molecule has 0 fully saturated rings. The number of nitrogens with zero attached hydrogens (tertiary/aromatic N) is 6. The van der Waals surface area contributed by atoms with Crippen molar-refractivity contribution >= 4 is 23.4 Å². The summed E-state index contributed by atoms with van der Waals surface area (Å²) in [4.78, 5) is 6.69. The Balaban J connectivity index is 1.60. The Hall–Kier alpha value is -2.61. The molecule has 0 radical (unpaired) electrons. The summed E-state index contributed by atoms with van der Waals surface area (Å²) in [7, 11) is 4.08. The maximum Gasteiger partial charge on any atom is 0.196 e. The molecule has 2 aromatic carbocycles. The predicted octanol–water partition coefficient (Wildman–Crippen LogP) is 5.08. The van der Waals surface area contributed by atoms with Gasteiger partial charge in [-0.3, -0.25) is 9.47 Å². The minimum absolute atomic E-state index is 0.109. The van der Waals surface area contributed by atoms with E-state index in [-0.39, 0.29) is 6.04 Å². The smallest absolute Gasteiger partial charge is 0.196 e. The van der Waals surface area contributed by atoms with Crippen LogP contribution in [0.2, 0.25) is 5.02 Å². The first-order chi connectivity index (χ1) is 15.0. The lowest BCUT2D eigenvalue weighted by molar-refractivity contribution is 0.305. The zero-order chi connectivity index (χ0) is 21.8. The lowest BCUT2D eigenvalue weighted by Crippen LogP contribution is -2.20. The largest absolute Gasteiger partial charge is 0.330 e. The molecule has 4 rings (SSSR count). The van der Waals surface area contributed by atoms with E-state index >= 15 is 0 Å². The SMILES string of the molecule is CC(c1nnc(SCc2nccn2Cc2ccccc2)n1-c1ccc(Cl)cc1)N(C)C. The Morgan fingerprint density at radius 2 is 1.77 bits per heavy atom. The molecule has 160 valence electrons. The highest BCUT2D eigenvalue weighted by molar-refractivity contribution is 7.98. The summed E-state index contributed by atoms with van der Waals surface area (Å²) >= 11 is 7.75. The summed E-state index contributed by atoms with van der Waals surface area (Å²) < 4.78 is 4.28. The van der Waals surface area contributed by atoms with Gasteiger partial charge < -0.3 is 4.57 Å². The van der Waals surface area contributed by atoms with Gasteiger partial charge in [0.15, 0.2) is 11.0 Å². The van der Waals surface area contributed by atoms with Gasteiger partial charge in [-0.2, -0.15) is 0 Å². The molecule has 0 N–H and O–H groups in total. The van der Waals surface area contributed by atoms with Gasteiger partial charge in [0.2, 0.25) is 0 Å². The monoisotopic (exact) mass is 452 g/mol. The number of halogens is 1. The quantitative estimate of drug-likeness (QED) is 0.349. The summed E-state index contributed by atoms with van der Waals surface area (Å²) in [5.41, 5.74) is 2.24. The van der Waals surface area contributed by atoms with Crippen LogP contribution in [0.15, 0.2) is 72.1 Å². The van der Waals surface area contributed by atoms with Crippen LogP contribution in [-0.2, 0) is 12.3 Å². The van der Waals surface area contributed by atoms with Crippen LogP contribution in [0.25, 0.3) is 5.69 Å². The minimum atomic E-state index is 0.109. The number of benzene rings is 2. The highest BCUT2D eigenvalue weighted by Crippen LogP contribution is 2.29. The number of hydrogen-bond acceptors (Lipinski definition) is 5. The van der Waals surface area contributed by atoms with Crippen LogP contribution in [-0.4, -0.2) is 43.3 Å². The van der Waals surface area contributed by atoms with E-state index < -0.39 is 0 Å². The molecule has 6 nitrogen and oxygen atoms in total. The second-order valence-electron chi connectivity index (χ2n) is 7.54. The van der Waals surface area contributed by atoms with E-state index in [9.17, 15) is 0 Å². The van der Waals surface area contributed by atoms with Gasteiger partial charge in [0.25, 0.3) is 0 Å². The normalized spacial score (nSPS) is 12.4. The highest BCUT2D eigenvalue weighted by atomic mass is 35.5. The van der Waals surface area contributed by atoms with Crippen molar-refractivity contribution in [2.24, 2.45) is 0 Å². The first-order valence-electron chi connectivity index (χ1n) is 10.1. The average molecular weight is 453 g/mol. The maximum atomic E-state index is 6.11. The standard InChI is InChI=1S/C23H25ClN6S/c1-17(28(2)3)22-26-27-23(30(22)20-11-9-19(24)10-12-20)31-16-21-25-13-14-29(21)15-18-7-5-4-6-8-18/h4-14,17H,15-16H2,1-3H3. The van der Waals surface area contributed by atoms with Crippen molar-refractivity contribution in [2.45, 2.75) is 30.4 Å². The Morgan fingerprint density at radius 3 is 2.48 bits per heavy atom. The molecular formula is C23H25ClN6S. The number of hydrogen-bond donors (Lipinski definition) is 0. The zero-order valence-corrected chi connectivity index (χ0v) is 19.4. The zero-order valence-electron chi connectivity index (χ0n) is 17.8. The Labute approximate surface area is 191 Å². The molecule has 1 unspecified atom stereocenters. The molecule has 31 heavy (non-hydrogen) atoms. The summed E-state index contributed by atoms with van der Waals surface area (Å²) in [6, 6.07) is 18.3. The van der Waals surface area contributed by atoms with E-state index in [4.69, 9.17) is 11.6 Å². The molecule has 0 spiro atoms. The molecule has 8 heteroatoms. The van der Waals surface area contributed by atoms with Crippen molar-refractivity contribution in [1.29, 1.82) is 0 Å². The highest BCUT2D eigenvalue weighted by Gasteiger charge is 2.21. The van der Waals surface area contributed by atoms with E-state index in [0.717, 1.165) is 29.0 Å². The number of rotatable bonds is 8. The topological polar surface area (TPSA) is 51.8 Å². The average Bonchev–Trinajstić information content (AvgIpc) is 3.39. The molecule has 1 atom stereocenters. The molecule has 2 heterocycles. The van der Waals surface area contributed by atoms with Crippen LogP contribution in [0.3, 0.4) is 0 Å². The third kappa shape index (κ3) is 5.01. The Kier molecular flexibility index (Phi) is 6.75. The van der Waals surface area contributed by atoms with E-state index in [2.05, 4.69) is 60.4 Å². The molecule has 0 aliphatic rings. The first-order valence-corrected chi connectivity index (χ1v) is 11.4. The van der Waals surface area contributed by atoms with Crippen LogP contribution >= 0.6 is 23.4 Å². The van der Waals surface area contributed by atoms with Gasteiger partial charge in [0.1, 0.15) is 5.82 Å². The lowest BCUT2D eigenvalue weighted by atomic mass is 10.2. The van der Waals surface area contributed by atoms with Gasteiger partial charge in [0, 0.05) is 29.6 Å². The third-order valence-electron chi connectivity index (χ3n) is 5.22. The van der Waals surface area contributed by atoms with E-state index in [1.807, 2.05) is 56.8 Å². The Bertz CT molecular complexity index is 1120. The van der Waals surface area contributed by atoms with E-state index in [1.54, 1.807) is 11.8 Å². The van der Waals surface area contributed by atoms with Gasteiger partial charge in [-0.15, -0.1) is 10.2 Å². The fourth-order valence-corrected chi connectivity index (χ4v) is 4.29. The third-order valence-corrected chi connectivity index (χ3v) is 6.40.